The molecule has 3 aliphatic heterocycles. The third-order valence-corrected chi connectivity index (χ3v) is 13.1. The molecule has 3 heterocycles. The summed E-state index contributed by atoms with van der Waals surface area (Å²) in [4.78, 5) is 13.6. The summed E-state index contributed by atoms with van der Waals surface area (Å²) in [5.41, 5.74) is 0. The van der Waals surface area contributed by atoms with Gasteiger partial charge in [0, 0.05) is 49.7 Å². The van der Waals surface area contributed by atoms with Crippen molar-refractivity contribution in [3.05, 3.63) is 36.5 Å². The predicted octanol–water partition coefficient (Wildman–Crippen LogP) is 7.19. The van der Waals surface area contributed by atoms with Gasteiger partial charge in [-0.3, -0.25) is 0 Å². The number of fused-ring (bicyclic) bond motifs is 2. The molecule has 2 unspecified atom stereocenters. The zero-order chi connectivity index (χ0) is 40.7. The Bertz CT molecular complexity index is 1190. The minimum atomic E-state index is -0.953. The first-order chi connectivity index (χ1) is 26.2. The molecular weight excluding hydrogens is 700 g/mol. The summed E-state index contributed by atoms with van der Waals surface area (Å²) in [6, 6.07) is 0. The second kappa shape index (κ2) is 23.7. The topological polar surface area (TPSA) is 155 Å². The molecule has 16 atom stereocenters. The van der Waals surface area contributed by atoms with Crippen molar-refractivity contribution in [2.75, 3.05) is 7.11 Å². The summed E-state index contributed by atoms with van der Waals surface area (Å²) in [6.07, 6.45) is 15.5. The maximum absolute atomic E-state index is 13.6. The van der Waals surface area contributed by atoms with E-state index in [0.29, 0.717) is 44.4 Å². The van der Waals surface area contributed by atoms with Gasteiger partial charge in [-0.1, -0.05) is 85.3 Å². The van der Waals surface area contributed by atoms with Crippen LogP contribution in [0.15, 0.2) is 36.5 Å². The van der Waals surface area contributed by atoms with E-state index in [1.54, 1.807) is 13.0 Å². The third kappa shape index (κ3) is 14.6. The van der Waals surface area contributed by atoms with Crippen molar-refractivity contribution in [1.29, 1.82) is 0 Å². The number of hydrogen-bond acceptors (Lipinski definition) is 10. The van der Waals surface area contributed by atoms with Crippen molar-refractivity contribution in [3.63, 3.8) is 0 Å². The Hall–Kier alpha value is -1.63. The number of esters is 1. The van der Waals surface area contributed by atoms with Crippen molar-refractivity contribution < 1.29 is 49.3 Å². The lowest BCUT2D eigenvalue weighted by atomic mass is 9.78. The van der Waals surface area contributed by atoms with Crippen LogP contribution in [-0.2, 0) is 23.7 Å². The van der Waals surface area contributed by atoms with Crippen LogP contribution in [0.5, 0.6) is 0 Å². The molecule has 10 nitrogen and oxygen atoms in total. The van der Waals surface area contributed by atoms with Crippen LogP contribution in [0.2, 0.25) is 0 Å². The van der Waals surface area contributed by atoms with Crippen molar-refractivity contribution in [1.82, 2.24) is 0 Å². The largest absolute Gasteiger partial charge is 0.459 e. The number of rotatable bonds is 7. The van der Waals surface area contributed by atoms with Crippen LogP contribution in [0.3, 0.4) is 0 Å². The summed E-state index contributed by atoms with van der Waals surface area (Å²) in [5, 5.41) is 54.8. The van der Waals surface area contributed by atoms with Gasteiger partial charge in [0.05, 0.1) is 48.8 Å². The van der Waals surface area contributed by atoms with Crippen LogP contribution in [-0.4, -0.2) is 99.3 Å². The second-order valence-electron chi connectivity index (χ2n) is 17.3. The minimum Gasteiger partial charge on any atom is -0.459 e. The zero-order valence-electron chi connectivity index (χ0n) is 35.3. The average Bonchev–Trinajstić information content (AvgIpc) is 3.17. The van der Waals surface area contributed by atoms with Crippen molar-refractivity contribution in [3.8, 4) is 0 Å². The number of carbonyl (C=O) groups is 1. The molecule has 0 aliphatic carbocycles. The van der Waals surface area contributed by atoms with E-state index in [1.807, 2.05) is 32.9 Å². The van der Waals surface area contributed by atoms with Crippen LogP contribution >= 0.6 is 0 Å². The fraction of sp³-hybridized carbons (Fsp3) is 0.844. The van der Waals surface area contributed by atoms with E-state index in [2.05, 4.69) is 32.9 Å². The van der Waals surface area contributed by atoms with E-state index >= 15 is 0 Å². The Morgan fingerprint density at radius 2 is 1.58 bits per heavy atom. The summed E-state index contributed by atoms with van der Waals surface area (Å²) in [7, 11) is 1.54. The first-order valence-electron chi connectivity index (χ1n) is 21.7. The maximum Gasteiger partial charge on any atom is 0.330 e. The molecule has 0 aromatic carbocycles. The number of methoxy groups -OCH3 is 1. The van der Waals surface area contributed by atoms with E-state index in [1.165, 1.54) is 13.2 Å². The van der Waals surface area contributed by atoms with E-state index in [4.69, 9.17) is 18.9 Å². The Morgan fingerprint density at radius 3 is 2.24 bits per heavy atom. The summed E-state index contributed by atoms with van der Waals surface area (Å²) < 4.78 is 25.8. The van der Waals surface area contributed by atoms with Gasteiger partial charge in [-0.15, -0.1) is 0 Å². The fourth-order valence-electron chi connectivity index (χ4n) is 8.75. The molecule has 0 aromatic heterocycles. The van der Waals surface area contributed by atoms with Crippen LogP contribution < -0.4 is 0 Å². The zero-order valence-corrected chi connectivity index (χ0v) is 35.3. The monoisotopic (exact) mass is 779 g/mol. The van der Waals surface area contributed by atoms with Crippen LogP contribution in [0, 0.1) is 35.5 Å². The molecule has 5 N–H and O–H groups in total. The highest BCUT2D eigenvalue weighted by molar-refractivity contribution is 5.82. The Labute approximate surface area is 332 Å². The molecule has 2 bridgehead atoms. The molecule has 1 spiro atoms. The van der Waals surface area contributed by atoms with Gasteiger partial charge in [0.1, 0.15) is 6.10 Å². The van der Waals surface area contributed by atoms with Crippen molar-refractivity contribution >= 4 is 5.97 Å². The number of carbonyl (C=O) groups excluding carboxylic acids is 1. The SMILES string of the molecule is CCC[C@H]1[C@@H]2C[C@@]3(CC[C@H](C)[C@H](C[C@H](O)CC)O3)O[C@H]1CCC(CC)/C=C/C=C/CC[C@@H](O)[C@@H](C)C(O)C[C@@H](OC)C[C@@H](O)[C@H](C)[C@H](O)[C@@H](C)/C=C/C(=O)O2. The van der Waals surface area contributed by atoms with Gasteiger partial charge in [0.2, 0.25) is 0 Å². The number of ether oxygens (including phenoxy) is 4. The summed E-state index contributed by atoms with van der Waals surface area (Å²) >= 11 is 0. The van der Waals surface area contributed by atoms with E-state index in [-0.39, 0.29) is 42.8 Å². The van der Waals surface area contributed by atoms with Crippen LogP contribution in [0.4, 0.5) is 0 Å². The molecule has 0 amide bonds. The van der Waals surface area contributed by atoms with Crippen molar-refractivity contribution in [2.45, 2.75) is 199 Å². The highest BCUT2D eigenvalue weighted by Gasteiger charge is 2.52. The summed E-state index contributed by atoms with van der Waals surface area (Å²) in [5.74, 6) is -2.22. The molecular formula is C45H78O10. The van der Waals surface area contributed by atoms with Gasteiger partial charge in [0.15, 0.2) is 5.79 Å². The van der Waals surface area contributed by atoms with Crippen molar-refractivity contribution in [2.24, 2.45) is 35.5 Å². The fourth-order valence-corrected chi connectivity index (χ4v) is 8.75. The molecule has 2 saturated heterocycles. The lowest BCUT2D eigenvalue weighted by Gasteiger charge is -2.52. The highest BCUT2D eigenvalue weighted by atomic mass is 16.7. The first-order valence-corrected chi connectivity index (χ1v) is 21.7. The van der Waals surface area contributed by atoms with Gasteiger partial charge in [-0.05, 0) is 82.5 Å². The van der Waals surface area contributed by atoms with Crippen LogP contribution in [0.1, 0.15) is 138 Å². The number of aliphatic hydroxyl groups is 5. The van der Waals surface area contributed by atoms with Gasteiger partial charge < -0.3 is 44.5 Å². The standard InChI is InChI=1S/C45H78O10/c1-9-16-36-40-21-20-33(10-2)17-14-12-13-15-18-37(47)31(6)38(48)26-35(52-8)27-39(49)32(7)44(51)30(5)19-22-43(50)53-42(36)28-45(54-40)24-23-29(4)41(55-45)25-34(46)11-3/h12-14,17,19,22,29-42,44,46-49,51H,9-11,15-16,18,20-21,23-28H2,1-8H3/b13-12+,17-14+,22-19+/t29-,30-,31+,32-,33?,34+,35+,36+,37+,38?,39+,40-,41-,42-,44+,45-/m0/s1. The lowest BCUT2D eigenvalue weighted by molar-refractivity contribution is -0.349. The minimum absolute atomic E-state index is 0.0187. The number of aliphatic hydroxyl groups excluding tert-OH is 5. The van der Waals surface area contributed by atoms with E-state index in [9.17, 15) is 30.3 Å². The summed E-state index contributed by atoms with van der Waals surface area (Å²) in [6.45, 7) is 13.9. The molecule has 0 aromatic rings. The number of hydrogen-bond donors (Lipinski definition) is 5. The highest BCUT2D eigenvalue weighted by Crippen LogP contribution is 2.47. The van der Waals surface area contributed by atoms with Gasteiger partial charge in [-0.2, -0.15) is 0 Å². The quantitative estimate of drug-likeness (QED) is 0.168. The first kappa shape index (κ1) is 47.7. The molecule has 3 rings (SSSR count). The Balaban J connectivity index is 1.93. The van der Waals surface area contributed by atoms with Gasteiger partial charge in [-0.25, -0.2) is 4.79 Å². The third-order valence-electron chi connectivity index (χ3n) is 13.1. The Morgan fingerprint density at radius 1 is 0.873 bits per heavy atom. The average molecular weight is 779 g/mol. The van der Waals surface area contributed by atoms with E-state index in [0.717, 1.165) is 38.5 Å². The smallest absolute Gasteiger partial charge is 0.330 e. The van der Waals surface area contributed by atoms with Gasteiger partial charge >= 0.3 is 5.97 Å². The molecule has 3 aliphatic rings. The molecule has 318 valence electrons. The predicted molar refractivity (Wildman–Crippen MR) is 216 cm³/mol. The molecule has 0 radical (unpaired) electrons. The second-order valence-corrected chi connectivity index (χ2v) is 17.3. The molecule has 0 saturated carbocycles. The van der Waals surface area contributed by atoms with E-state index < -0.39 is 66.3 Å². The Kier molecular flexibility index (Phi) is 20.6. The normalized spacial score (nSPS) is 43.3. The maximum atomic E-state index is 13.6. The molecule has 55 heavy (non-hydrogen) atoms. The van der Waals surface area contributed by atoms with Crippen LogP contribution in [0.25, 0.3) is 0 Å². The molecule has 2 fully saturated rings. The molecule has 10 heteroatoms. The number of allylic oxidation sites excluding steroid dienone is 4. The van der Waals surface area contributed by atoms with Gasteiger partial charge in [0.25, 0.3) is 0 Å². The lowest BCUT2D eigenvalue weighted by Crippen LogP contribution is -2.58.